The minimum atomic E-state index is -0.461. The first kappa shape index (κ1) is 14.5. The van der Waals surface area contributed by atoms with Crippen LogP contribution in [0.2, 0.25) is 0 Å². The van der Waals surface area contributed by atoms with Gasteiger partial charge < -0.3 is 14.9 Å². The number of carbonyl (C=O) groups excluding carboxylic acids is 1. The van der Waals surface area contributed by atoms with Gasteiger partial charge in [0.05, 0.1) is 6.20 Å². The van der Waals surface area contributed by atoms with E-state index in [9.17, 15) is 9.59 Å². The molecule has 0 aliphatic carbocycles. The topological polar surface area (TPSA) is 92.7 Å². The van der Waals surface area contributed by atoms with E-state index in [2.05, 4.69) is 20.3 Å². The molecule has 0 unspecified atom stereocenters. The zero-order valence-electron chi connectivity index (χ0n) is 12.7. The number of rotatable bonds is 3. The van der Waals surface area contributed by atoms with Crippen molar-refractivity contribution in [2.24, 2.45) is 0 Å². The van der Waals surface area contributed by atoms with E-state index >= 15 is 0 Å². The molecule has 0 spiro atoms. The predicted molar refractivity (Wildman–Crippen MR) is 82.1 cm³/mol. The van der Waals surface area contributed by atoms with Crippen LogP contribution in [0.5, 0.6) is 0 Å². The highest BCUT2D eigenvalue weighted by molar-refractivity contribution is 6.03. The summed E-state index contributed by atoms with van der Waals surface area (Å²) in [5.41, 5.74) is -0.412. The molecule has 1 amide bonds. The molecule has 0 fully saturated rings. The molecule has 1 aliphatic rings. The summed E-state index contributed by atoms with van der Waals surface area (Å²) >= 11 is 0. The Kier molecular flexibility index (Phi) is 3.79. The van der Waals surface area contributed by atoms with E-state index in [1.54, 1.807) is 6.20 Å². The van der Waals surface area contributed by atoms with Crippen molar-refractivity contribution in [1.29, 1.82) is 0 Å². The van der Waals surface area contributed by atoms with Crippen molar-refractivity contribution in [1.82, 2.24) is 19.5 Å². The molecule has 7 heteroatoms. The smallest absolute Gasteiger partial charge is 0.264 e. The van der Waals surface area contributed by atoms with Gasteiger partial charge in [0.2, 0.25) is 0 Å². The Balaban J connectivity index is 1.83. The molecule has 3 heterocycles. The summed E-state index contributed by atoms with van der Waals surface area (Å²) in [6.45, 7) is 4.69. The van der Waals surface area contributed by atoms with Crippen LogP contribution in [0.3, 0.4) is 0 Å². The number of carbonyl (C=O) groups is 1. The van der Waals surface area contributed by atoms with Gasteiger partial charge in [-0.1, -0.05) is 13.8 Å². The van der Waals surface area contributed by atoms with E-state index in [0.29, 0.717) is 11.6 Å². The average molecular weight is 301 g/mol. The SMILES string of the molecule is CC(C)c1ncc(C(=O)Nc2cnc3n2CCCC3)c(=O)[nH]1. The van der Waals surface area contributed by atoms with Crippen LogP contribution in [-0.2, 0) is 13.0 Å². The summed E-state index contributed by atoms with van der Waals surface area (Å²) < 4.78 is 1.99. The Bertz CT molecular complexity index is 760. The molecule has 0 saturated carbocycles. The number of aromatic amines is 1. The lowest BCUT2D eigenvalue weighted by atomic mass is 10.2. The largest absolute Gasteiger partial charge is 0.315 e. The fraction of sp³-hybridized carbons (Fsp3) is 0.467. The van der Waals surface area contributed by atoms with E-state index in [1.807, 2.05) is 18.4 Å². The van der Waals surface area contributed by atoms with Gasteiger partial charge in [-0.15, -0.1) is 0 Å². The number of nitrogens with zero attached hydrogens (tertiary/aromatic N) is 3. The highest BCUT2D eigenvalue weighted by Crippen LogP contribution is 2.19. The number of H-pyrrole nitrogens is 1. The van der Waals surface area contributed by atoms with Gasteiger partial charge in [0, 0.05) is 25.1 Å². The van der Waals surface area contributed by atoms with Gasteiger partial charge in [0.25, 0.3) is 11.5 Å². The van der Waals surface area contributed by atoms with E-state index in [-0.39, 0.29) is 11.5 Å². The standard InChI is InChI=1S/C15H19N5O2/c1-9(2)13-17-7-10(15(22)19-13)14(21)18-12-8-16-11-5-3-4-6-20(11)12/h7-9H,3-6H2,1-2H3,(H,18,21)(H,17,19,22). The number of fused-ring (bicyclic) bond motifs is 1. The van der Waals surface area contributed by atoms with Crippen LogP contribution in [0, 0.1) is 0 Å². The van der Waals surface area contributed by atoms with Crippen LogP contribution in [0.15, 0.2) is 17.2 Å². The van der Waals surface area contributed by atoms with Crippen molar-refractivity contribution < 1.29 is 4.79 Å². The average Bonchev–Trinajstić information content (AvgIpc) is 2.90. The Morgan fingerprint density at radius 3 is 2.86 bits per heavy atom. The molecule has 7 nitrogen and oxygen atoms in total. The zero-order valence-corrected chi connectivity index (χ0v) is 12.7. The molecular formula is C15H19N5O2. The Morgan fingerprint density at radius 2 is 2.14 bits per heavy atom. The molecule has 0 aromatic carbocycles. The Hall–Kier alpha value is -2.44. The Labute approximate surface area is 127 Å². The number of aryl methyl sites for hydroxylation is 1. The summed E-state index contributed by atoms with van der Waals surface area (Å²) in [6.07, 6.45) is 6.07. The first-order valence-corrected chi connectivity index (χ1v) is 7.51. The lowest BCUT2D eigenvalue weighted by Crippen LogP contribution is -2.26. The van der Waals surface area contributed by atoms with Gasteiger partial charge >= 0.3 is 0 Å². The third-order valence-electron chi connectivity index (χ3n) is 3.82. The van der Waals surface area contributed by atoms with Crippen molar-refractivity contribution in [2.75, 3.05) is 5.32 Å². The molecule has 0 radical (unpaired) electrons. The minimum Gasteiger partial charge on any atom is -0.315 e. The molecule has 0 atom stereocenters. The summed E-state index contributed by atoms with van der Waals surface area (Å²) in [6, 6.07) is 0. The van der Waals surface area contributed by atoms with E-state index in [1.165, 1.54) is 6.20 Å². The van der Waals surface area contributed by atoms with E-state index in [0.717, 1.165) is 31.6 Å². The summed E-state index contributed by atoms with van der Waals surface area (Å²) in [4.78, 5) is 35.4. The third-order valence-corrected chi connectivity index (χ3v) is 3.82. The van der Waals surface area contributed by atoms with Crippen molar-refractivity contribution in [3.63, 3.8) is 0 Å². The molecule has 2 aromatic heterocycles. The second-order valence-electron chi connectivity index (χ2n) is 5.79. The zero-order chi connectivity index (χ0) is 15.7. The molecular weight excluding hydrogens is 282 g/mol. The molecule has 22 heavy (non-hydrogen) atoms. The maximum absolute atomic E-state index is 12.3. The second kappa shape index (κ2) is 5.75. The number of nitrogens with one attached hydrogen (secondary N) is 2. The van der Waals surface area contributed by atoms with Crippen molar-refractivity contribution in [3.8, 4) is 0 Å². The molecule has 3 rings (SSSR count). The number of hydrogen-bond acceptors (Lipinski definition) is 4. The highest BCUT2D eigenvalue weighted by Gasteiger charge is 2.18. The first-order chi connectivity index (χ1) is 10.6. The van der Waals surface area contributed by atoms with Gasteiger partial charge in [-0.05, 0) is 12.8 Å². The van der Waals surface area contributed by atoms with Crippen molar-refractivity contribution >= 4 is 11.7 Å². The van der Waals surface area contributed by atoms with Crippen molar-refractivity contribution in [2.45, 2.75) is 45.6 Å². The molecule has 2 aromatic rings. The normalized spacial score (nSPS) is 14.0. The Morgan fingerprint density at radius 1 is 1.32 bits per heavy atom. The second-order valence-corrected chi connectivity index (χ2v) is 5.79. The van der Waals surface area contributed by atoms with Gasteiger partial charge in [0.1, 0.15) is 23.0 Å². The van der Waals surface area contributed by atoms with Crippen molar-refractivity contribution in [3.05, 3.63) is 40.0 Å². The summed E-state index contributed by atoms with van der Waals surface area (Å²) in [7, 11) is 0. The number of hydrogen-bond donors (Lipinski definition) is 2. The monoisotopic (exact) mass is 301 g/mol. The molecule has 0 saturated heterocycles. The number of anilines is 1. The minimum absolute atomic E-state index is 0.00996. The predicted octanol–water partition coefficient (Wildman–Crippen LogP) is 1.68. The lowest BCUT2D eigenvalue weighted by molar-refractivity contribution is 0.102. The molecule has 116 valence electrons. The molecule has 0 bridgehead atoms. The maximum Gasteiger partial charge on any atom is 0.264 e. The van der Waals surface area contributed by atoms with Crippen LogP contribution >= 0.6 is 0 Å². The number of amides is 1. The number of imidazole rings is 1. The van der Waals surface area contributed by atoms with E-state index < -0.39 is 11.5 Å². The third kappa shape index (κ3) is 2.66. The van der Waals surface area contributed by atoms with E-state index in [4.69, 9.17) is 0 Å². The summed E-state index contributed by atoms with van der Waals surface area (Å²) in [5.74, 6) is 1.82. The lowest BCUT2D eigenvalue weighted by Gasteiger charge is -2.16. The molecule has 2 N–H and O–H groups in total. The maximum atomic E-state index is 12.3. The van der Waals surface area contributed by atoms with Gasteiger partial charge in [-0.25, -0.2) is 9.97 Å². The fourth-order valence-electron chi connectivity index (χ4n) is 2.56. The van der Waals surface area contributed by atoms with Crippen LogP contribution in [0.4, 0.5) is 5.82 Å². The molecule has 1 aliphatic heterocycles. The summed E-state index contributed by atoms with van der Waals surface area (Å²) in [5, 5.41) is 2.76. The van der Waals surface area contributed by atoms with Gasteiger partial charge in [0.15, 0.2) is 0 Å². The van der Waals surface area contributed by atoms with Crippen LogP contribution in [-0.4, -0.2) is 25.4 Å². The van der Waals surface area contributed by atoms with Crippen LogP contribution < -0.4 is 10.9 Å². The van der Waals surface area contributed by atoms with Gasteiger partial charge in [-0.3, -0.25) is 9.59 Å². The fourth-order valence-corrected chi connectivity index (χ4v) is 2.56. The van der Waals surface area contributed by atoms with Crippen LogP contribution in [0.1, 0.15) is 54.6 Å². The first-order valence-electron chi connectivity index (χ1n) is 7.51. The van der Waals surface area contributed by atoms with Crippen LogP contribution in [0.25, 0.3) is 0 Å². The highest BCUT2D eigenvalue weighted by atomic mass is 16.2. The number of aromatic nitrogens is 4. The van der Waals surface area contributed by atoms with Gasteiger partial charge in [-0.2, -0.15) is 0 Å². The quantitative estimate of drug-likeness (QED) is 0.902.